The van der Waals surface area contributed by atoms with Crippen molar-refractivity contribution in [3.05, 3.63) is 29.8 Å². The van der Waals surface area contributed by atoms with Gasteiger partial charge in [-0.05, 0) is 36.0 Å². The molecular formula is C15H22O2. The molecule has 94 valence electrons. The van der Waals surface area contributed by atoms with Gasteiger partial charge in [0.2, 0.25) is 0 Å². The van der Waals surface area contributed by atoms with Crippen LogP contribution in [0.1, 0.15) is 39.2 Å². The molecule has 1 unspecified atom stereocenters. The van der Waals surface area contributed by atoms with Crippen LogP contribution >= 0.6 is 0 Å². The van der Waals surface area contributed by atoms with Gasteiger partial charge in [0.15, 0.2) is 0 Å². The van der Waals surface area contributed by atoms with Crippen LogP contribution in [-0.2, 0) is 10.2 Å². The molecule has 1 aromatic carbocycles. The Hall–Kier alpha value is -1.02. The molecule has 1 atom stereocenters. The number of hydrogen-bond donors (Lipinski definition) is 0. The summed E-state index contributed by atoms with van der Waals surface area (Å²) in [7, 11) is 0. The third-order valence-corrected chi connectivity index (χ3v) is 3.95. The van der Waals surface area contributed by atoms with E-state index in [0.717, 1.165) is 12.4 Å². The van der Waals surface area contributed by atoms with Crippen LogP contribution < -0.4 is 4.74 Å². The molecule has 2 heteroatoms. The van der Waals surface area contributed by atoms with Crippen molar-refractivity contribution in [2.24, 2.45) is 0 Å². The molecule has 1 aliphatic rings. The first-order valence-corrected chi connectivity index (χ1v) is 6.53. The van der Waals surface area contributed by atoms with Gasteiger partial charge in [-0.1, -0.05) is 32.9 Å². The summed E-state index contributed by atoms with van der Waals surface area (Å²) in [4.78, 5) is 0. The standard InChI is InChI=1S/C15H22O2/c1-4-15(3,5-2)12-6-8-13(9-7-12)16-10-14-11-17-14/h6-9,14H,4-5,10-11H2,1-3H3. The molecule has 0 bridgehead atoms. The summed E-state index contributed by atoms with van der Waals surface area (Å²) in [5.74, 6) is 0.943. The summed E-state index contributed by atoms with van der Waals surface area (Å²) in [5, 5.41) is 0. The van der Waals surface area contributed by atoms with Crippen LogP contribution in [0, 0.1) is 0 Å². The zero-order chi connectivity index (χ0) is 12.3. The molecule has 0 aliphatic carbocycles. The maximum Gasteiger partial charge on any atom is 0.119 e. The summed E-state index contributed by atoms with van der Waals surface area (Å²) in [6.07, 6.45) is 2.66. The summed E-state index contributed by atoms with van der Waals surface area (Å²) >= 11 is 0. The van der Waals surface area contributed by atoms with E-state index in [1.807, 2.05) is 0 Å². The second kappa shape index (κ2) is 5.09. The molecule has 1 aliphatic heterocycles. The van der Waals surface area contributed by atoms with Gasteiger partial charge >= 0.3 is 0 Å². The minimum Gasteiger partial charge on any atom is -0.491 e. The first-order chi connectivity index (χ1) is 8.18. The van der Waals surface area contributed by atoms with Gasteiger partial charge in [0.05, 0.1) is 6.61 Å². The first kappa shape index (κ1) is 12.4. The van der Waals surface area contributed by atoms with Gasteiger partial charge in [-0.25, -0.2) is 0 Å². The topological polar surface area (TPSA) is 21.8 Å². The fourth-order valence-corrected chi connectivity index (χ4v) is 1.97. The molecule has 0 amide bonds. The molecular weight excluding hydrogens is 212 g/mol. The quantitative estimate of drug-likeness (QED) is 0.702. The molecule has 0 N–H and O–H groups in total. The summed E-state index contributed by atoms with van der Waals surface area (Å²) in [6, 6.07) is 8.52. The molecule has 0 saturated carbocycles. The van der Waals surface area contributed by atoms with Crippen molar-refractivity contribution < 1.29 is 9.47 Å². The van der Waals surface area contributed by atoms with Crippen molar-refractivity contribution in [3.8, 4) is 5.75 Å². The molecule has 2 nitrogen and oxygen atoms in total. The Morgan fingerprint density at radius 1 is 1.24 bits per heavy atom. The van der Waals surface area contributed by atoms with Gasteiger partial charge < -0.3 is 9.47 Å². The van der Waals surface area contributed by atoms with Gasteiger partial charge in [-0.2, -0.15) is 0 Å². The largest absolute Gasteiger partial charge is 0.491 e. The SMILES string of the molecule is CCC(C)(CC)c1ccc(OCC2CO2)cc1. The van der Waals surface area contributed by atoms with Crippen molar-refractivity contribution >= 4 is 0 Å². The van der Waals surface area contributed by atoms with Crippen LogP contribution in [0.3, 0.4) is 0 Å². The number of rotatable bonds is 6. The Kier molecular flexibility index (Phi) is 3.72. The second-order valence-corrected chi connectivity index (χ2v) is 5.06. The maximum atomic E-state index is 5.64. The van der Waals surface area contributed by atoms with Crippen molar-refractivity contribution in [3.63, 3.8) is 0 Å². The average molecular weight is 234 g/mol. The van der Waals surface area contributed by atoms with Gasteiger partial charge in [-0.15, -0.1) is 0 Å². The lowest BCUT2D eigenvalue weighted by Crippen LogP contribution is -2.19. The lowest BCUT2D eigenvalue weighted by molar-refractivity contribution is 0.263. The zero-order valence-corrected chi connectivity index (χ0v) is 11.0. The van der Waals surface area contributed by atoms with Crippen LogP contribution in [0.2, 0.25) is 0 Å². The molecule has 1 saturated heterocycles. The Bertz CT molecular complexity index is 348. The first-order valence-electron chi connectivity index (χ1n) is 6.53. The Balaban J connectivity index is 2.00. The molecule has 1 aromatic rings. The predicted molar refractivity (Wildman–Crippen MR) is 69.6 cm³/mol. The van der Waals surface area contributed by atoms with E-state index in [1.165, 1.54) is 18.4 Å². The zero-order valence-electron chi connectivity index (χ0n) is 11.0. The highest BCUT2D eigenvalue weighted by Crippen LogP contribution is 2.31. The van der Waals surface area contributed by atoms with E-state index in [1.54, 1.807) is 0 Å². The molecule has 0 radical (unpaired) electrons. The molecule has 1 fully saturated rings. The molecule has 2 rings (SSSR count). The lowest BCUT2D eigenvalue weighted by atomic mass is 9.78. The summed E-state index contributed by atoms with van der Waals surface area (Å²) in [6.45, 7) is 8.34. The van der Waals surface area contributed by atoms with Gasteiger partial charge in [0, 0.05) is 0 Å². The van der Waals surface area contributed by atoms with Gasteiger partial charge in [0.1, 0.15) is 18.5 Å². The summed E-state index contributed by atoms with van der Waals surface area (Å²) in [5.41, 5.74) is 1.69. The van der Waals surface area contributed by atoms with Crippen molar-refractivity contribution in [1.29, 1.82) is 0 Å². The van der Waals surface area contributed by atoms with E-state index < -0.39 is 0 Å². The Labute approximate surface area is 104 Å². The highest BCUT2D eigenvalue weighted by Gasteiger charge is 2.24. The fourth-order valence-electron chi connectivity index (χ4n) is 1.97. The van der Waals surface area contributed by atoms with Crippen LogP contribution in [-0.4, -0.2) is 19.3 Å². The summed E-state index contributed by atoms with van der Waals surface area (Å²) < 4.78 is 10.8. The monoisotopic (exact) mass is 234 g/mol. The molecule has 0 aromatic heterocycles. The van der Waals surface area contributed by atoms with E-state index in [0.29, 0.717) is 12.7 Å². The van der Waals surface area contributed by atoms with E-state index in [-0.39, 0.29) is 5.41 Å². The van der Waals surface area contributed by atoms with Crippen molar-refractivity contribution in [1.82, 2.24) is 0 Å². The lowest BCUT2D eigenvalue weighted by Gasteiger charge is -2.27. The average Bonchev–Trinajstić information content (AvgIpc) is 3.20. The smallest absolute Gasteiger partial charge is 0.119 e. The normalized spacial score (nSPS) is 19.1. The van der Waals surface area contributed by atoms with Crippen LogP contribution in [0.25, 0.3) is 0 Å². The second-order valence-electron chi connectivity index (χ2n) is 5.06. The highest BCUT2D eigenvalue weighted by atomic mass is 16.6. The highest BCUT2D eigenvalue weighted by molar-refractivity contribution is 5.32. The van der Waals surface area contributed by atoms with E-state index in [4.69, 9.17) is 9.47 Å². The van der Waals surface area contributed by atoms with E-state index in [9.17, 15) is 0 Å². The van der Waals surface area contributed by atoms with E-state index in [2.05, 4.69) is 45.0 Å². The van der Waals surface area contributed by atoms with Crippen LogP contribution in [0.15, 0.2) is 24.3 Å². The maximum absolute atomic E-state index is 5.64. The number of epoxide rings is 1. The third-order valence-electron chi connectivity index (χ3n) is 3.95. The Morgan fingerprint density at radius 3 is 2.29 bits per heavy atom. The van der Waals surface area contributed by atoms with Gasteiger partial charge in [0.25, 0.3) is 0 Å². The predicted octanol–water partition coefficient (Wildman–Crippen LogP) is 3.54. The van der Waals surface area contributed by atoms with Gasteiger partial charge in [-0.3, -0.25) is 0 Å². The van der Waals surface area contributed by atoms with Crippen molar-refractivity contribution in [2.75, 3.05) is 13.2 Å². The molecule has 1 heterocycles. The fraction of sp³-hybridized carbons (Fsp3) is 0.600. The Morgan fingerprint density at radius 2 is 1.82 bits per heavy atom. The molecule has 17 heavy (non-hydrogen) atoms. The minimum absolute atomic E-state index is 0.290. The third kappa shape index (κ3) is 3.01. The van der Waals surface area contributed by atoms with E-state index >= 15 is 0 Å². The van der Waals surface area contributed by atoms with Crippen LogP contribution in [0.4, 0.5) is 0 Å². The number of benzene rings is 1. The number of ether oxygens (including phenoxy) is 2. The minimum atomic E-state index is 0.290. The van der Waals surface area contributed by atoms with Crippen LogP contribution in [0.5, 0.6) is 5.75 Å². The van der Waals surface area contributed by atoms with Crippen molar-refractivity contribution in [2.45, 2.75) is 45.1 Å². The molecule has 0 spiro atoms. The number of hydrogen-bond acceptors (Lipinski definition) is 2.